The predicted octanol–water partition coefficient (Wildman–Crippen LogP) is 2.11. The molecule has 128 valence electrons. The summed E-state index contributed by atoms with van der Waals surface area (Å²) < 4.78 is 28.2. The third-order valence-electron chi connectivity index (χ3n) is 4.18. The Hall–Kier alpha value is -2.28. The Morgan fingerprint density at radius 1 is 1.38 bits per heavy atom. The van der Waals surface area contributed by atoms with Crippen molar-refractivity contribution < 1.29 is 13.6 Å². The zero-order valence-electron chi connectivity index (χ0n) is 13.5. The number of nitrogens with two attached hydrogens (primary N) is 1. The maximum atomic E-state index is 13.5. The minimum atomic E-state index is -0.933. The number of nitrogens with one attached hydrogen (secondary N) is 1. The van der Waals surface area contributed by atoms with Gasteiger partial charge in [-0.2, -0.15) is 5.10 Å². The summed E-state index contributed by atoms with van der Waals surface area (Å²) in [7, 11) is 0. The largest absolute Gasteiger partial charge is 0.351 e. The zero-order chi connectivity index (χ0) is 17.3. The third kappa shape index (κ3) is 3.17. The summed E-state index contributed by atoms with van der Waals surface area (Å²) in [6.45, 7) is 2.35. The number of aromatic nitrogens is 2. The lowest BCUT2D eigenvalue weighted by Crippen LogP contribution is -2.29. The first-order valence-electron chi connectivity index (χ1n) is 8.07. The van der Waals surface area contributed by atoms with E-state index in [2.05, 4.69) is 10.4 Å². The van der Waals surface area contributed by atoms with Crippen LogP contribution in [-0.4, -0.2) is 28.3 Å². The van der Waals surface area contributed by atoms with E-state index in [1.165, 1.54) is 6.07 Å². The summed E-state index contributed by atoms with van der Waals surface area (Å²) in [6.07, 6.45) is 3.11. The molecule has 1 unspecified atom stereocenters. The summed E-state index contributed by atoms with van der Waals surface area (Å²) in [5, 5.41) is 7.17. The quantitative estimate of drug-likeness (QED) is 0.879. The van der Waals surface area contributed by atoms with Crippen LogP contribution in [0.25, 0.3) is 5.69 Å². The maximum absolute atomic E-state index is 13.5. The average Bonchev–Trinajstić information content (AvgIpc) is 3.11. The maximum Gasteiger partial charge on any atom is 0.272 e. The topological polar surface area (TPSA) is 72.9 Å². The van der Waals surface area contributed by atoms with Gasteiger partial charge in [0.15, 0.2) is 17.3 Å². The van der Waals surface area contributed by atoms with E-state index in [0.29, 0.717) is 24.3 Å². The van der Waals surface area contributed by atoms with Crippen molar-refractivity contribution in [3.05, 3.63) is 46.8 Å². The fourth-order valence-electron chi connectivity index (χ4n) is 2.95. The molecule has 0 aliphatic heterocycles. The molecule has 1 aliphatic carbocycles. The van der Waals surface area contributed by atoms with Crippen molar-refractivity contribution >= 4 is 5.91 Å². The number of amides is 1. The molecule has 3 rings (SSSR count). The van der Waals surface area contributed by atoms with Crippen LogP contribution >= 0.6 is 0 Å². The van der Waals surface area contributed by atoms with Crippen molar-refractivity contribution in [3.8, 4) is 5.69 Å². The molecule has 5 nitrogen and oxygen atoms in total. The molecule has 0 saturated heterocycles. The normalized spacial score (nSPS) is 14.5. The molecule has 0 saturated carbocycles. The van der Waals surface area contributed by atoms with Gasteiger partial charge in [-0.1, -0.05) is 0 Å². The number of hydrogen-bond acceptors (Lipinski definition) is 3. The average molecular weight is 334 g/mol. The Bertz CT molecular complexity index is 770. The van der Waals surface area contributed by atoms with Crippen molar-refractivity contribution in [2.75, 3.05) is 6.54 Å². The van der Waals surface area contributed by atoms with Gasteiger partial charge in [-0.05, 0) is 44.7 Å². The van der Waals surface area contributed by atoms with Crippen LogP contribution in [0.3, 0.4) is 0 Å². The lowest BCUT2D eigenvalue weighted by Gasteiger charge is -2.07. The molecule has 1 aromatic carbocycles. The molecule has 2 aromatic rings. The Morgan fingerprint density at radius 3 is 2.88 bits per heavy atom. The Morgan fingerprint density at radius 2 is 2.17 bits per heavy atom. The fourth-order valence-corrected chi connectivity index (χ4v) is 2.95. The highest BCUT2D eigenvalue weighted by Crippen LogP contribution is 2.28. The van der Waals surface area contributed by atoms with Crippen LogP contribution < -0.4 is 11.1 Å². The Balaban J connectivity index is 1.90. The first-order chi connectivity index (χ1) is 11.5. The molecule has 1 amide bonds. The predicted molar refractivity (Wildman–Crippen MR) is 86.1 cm³/mol. The van der Waals surface area contributed by atoms with E-state index in [0.717, 1.165) is 42.7 Å². The number of benzene rings is 1. The van der Waals surface area contributed by atoms with Gasteiger partial charge in [0.2, 0.25) is 0 Å². The zero-order valence-corrected chi connectivity index (χ0v) is 13.5. The molecule has 0 bridgehead atoms. The summed E-state index contributed by atoms with van der Waals surface area (Å²) in [4.78, 5) is 12.4. The van der Waals surface area contributed by atoms with Crippen LogP contribution in [0.1, 0.15) is 41.5 Å². The molecule has 1 heterocycles. The third-order valence-corrected chi connectivity index (χ3v) is 4.18. The number of carbonyl (C=O) groups excluding carboxylic acids is 1. The van der Waals surface area contributed by atoms with E-state index in [9.17, 15) is 13.6 Å². The van der Waals surface area contributed by atoms with Crippen molar-refractivity contribution in [1.29, 1.82) is 0 Å². The van der Waals surface area contributed by atoms with E-state index < -0.39 is 11.6 Å². The molecule has 0 radical (unpaired) electrons. The number of halogens is 2. The van der Waals surface area contributed by atoms with Gasteiger partial charge in [-0.25, -0.2) is 13.5 Å². The van der Waals surface area contributed by atoms with Crippen LogP contribution in [0.5, 0.6) is 0 Å². The van der Waals surface area contributed by atoms with Gasteiger partial charge in [-0.3, -0.25) is 4.79 Å². The summed E-state index contributed by atoms with van der Waals surface area (Å²) in [5.41, 5.74) is 8.23. The van der Waals surface area contributed by atoms with Gasteiger partial charge in [0.1, 0.15) is 0 Å². The number of fused-ring (bicyclic) bond motifs is 1. The monoisotopic (exact) mass is 334 g/mol. The molecular weight excluding hydrogens is 314 g/mol. The van der Waals surface area contributed by atoms with Crippen LogP contribution in [-0.2, 0) is 12.8 Å². The molecule has 3 N–H and O–H groups in total. The minimum Gasteiger partial charge on any atom is -0.351 e. The molecule has 0 fully saturated rings. The molecule has 24 heavy (non-hydrogen) atoms. The highest BCUT2D eigenvalue weighted by molar-refractivity contribution is 5.94. The van der Waals surface area contributed by atoms with E-state index in [-0.39, 0.29) is 11.9 Å². The molecule has 0 spiro atoms. The summed E-state index contributed by atoms with van der Waals surface area (Å²) >= 11 is 0. The first kappa shape index (κ1) is 16.6. The van der Waals surface area contributed by atoms with Crippen LogP contribution in [0.4, 0.5) is 8.78 Å². The lowest BCUT2D eigenvalue weighted by atomic mass is 10.2. The van der Waals surface area contributed by atoms with Crippen molar-refractivity contribution in [3.63, 3.8) is 0 Å². The van der Waals surface area contributed by atoms with Gasteiger partial charge in [0.25, 0.3) is 5.91 Å². The number of nitrogens with zero attached hydrogens (tertiary/aromatic N) is 2. The second-order valence-electron chi connectivity index (χ2n) is 6.16. The fraction of sp³-hybridized carbons (Fsp3) is 0.412. The second kappa shape index (κ2) is 6.68. The standard InChI is InChI=1S/C17H20F2N4O/c1-10(20)7-8-21-17(24)16-12-3-2-4-15(12)23(22-16)11-5-6-13(18)14(19)9-11/h5-6,9-10H,2-4,7-8,20H2,1H3,(H,21,24). The number of rotatable bonds is 5. The van der Waals surface area contributed by atoms with E-state index in [1.54, 1.807) is 4.68 Å². The van der Waals surface area contributed by atoms with E-state index >= 15 is 0 Å². The van der Waals surface area contributed by atoms with Gasteiger partial charge in [-0.15, -0.1) is 0 Å². The second-order valence-corrected chi connectivity index (χ2v) is 6.16. The summed E-state index contributed by atoms with van der Waals surface area (Å²) in [6, 6.07) is 3.63. The van der Waals surface area contributed by atoms with Crippen LogP contribution in [0.2, 0.25) is 0 Å². The first-order valence-corrected chi connectivity index (χ1v) is 8.07. The highest BCUT2D eigenvalue weighted by Gasteiger charge is 2.27. The number of hydrogen-bond donors (Lipinski definition) is 2. The Labute approximate surface area is 138 Å². The van der Waals surface area contributed by atoms with Gasteiger partial charge in [0.05, 0.1) is 5.69 Å². The van der Waals surface area contributed by atoms with Crippen molar-refractivity contribution in [2.45, 2.75) is 38.6 Å². The van der Waals surface area contributed by atoms with Gasteiger partial charge >= 0.3 is 0 Å². The van der Waals surface area contributed by atoms with Crippen molar-refractivity contribution in [2.24, 2.45) is 5.73 Å². The lowest BCUT2D eigenvalue weighted by molar-refractivity contribution is 0.0946. The minimum absolute atomic E-state index is 0.00997. The van der Waals surface area contributed by atoms with E-state index in [4.69, 9.17) is 5.73 Å². The number of carbonyl (C=O) groups is 1. The molecule has 1 atom stereocenters. The highest BCUT2D eigenvalue weighted by atomic mass is 19.2. The van der Waals surface area contributed by atoms with Crippen LogP contribution in [0.15, 0.2) is 18.2 Å². The van der Waals surface area contributed by atoms with Crippen molar-refractivity contribution in [1.82, 2.24) is 15.1 Å². The van der Waals surface area contributed by atoms with Gasteiger partial charge in [0, 0.05) is 29.9 Å². The van der Waals surface area contributed by atoms with Gasteiger partial charge < -0.3 is 11.1 Å². The molecule has 1 aliphatic rings. The van der Waals surface area contributed by atoms with Crippen LogP contribution in [0, 0.1) is 11.6 Å². The van der Waals surface area contributed by atoms with E-state index in [1.807, 2.05) is 6.92 Å². The molecular formula is C17H20F2N4O. The summed E-state index contributed by atoms with van der Waals surface area (Å²) in [5.74, 6) is -2.09. The smallest absolute Gasteiger partial charge is 0.272 e. The molecule has 1 aromatic heterocycles. The SMILES string of the molecule is CC(N)CCNC(=O)c1nn(-c2ccc(F)c(F)c2)c2c1CCC2. The Kier molecular flexibility index (Phi) is 4.62. The molecule has 7 heteroatoms.